The summed E-state index contributed by atoms with van der Waals surface area (Å²) < 4.78 is 35.7. The molecule has 2 aromatic carbocycles. The Kier molecular flexibility index (Phi) is 8.13. The van der Waals surface area contributed by atoms with Crippen LogP contribution in [0.3, 0.4) is 0 Å². The number of aromatic nitrogens is 3. The monoisotopic (exact) mass is 507 g/mol. The molecule has 4 rings (SSSR count). The van der Waals surface area contributed by atoms with Gasteiger partial charge in [-0.3, -0.25) is 14.7 Å². The predicted molar refractivity (Wildman–Crippen MR) is 141 cm³/mol. The third-order valence-electron chi connectivity index (χ3n) is 6.14. The lowest BCUT2D eigenvalue weighted by atomic mass is 10.2. The van der Waals surface area contributed by atoms with E-state index in [0.717, 1.165) is 31.1 Å². The van der Waals surface area contributed by atoms with E-state index in [2.05, 4.69) is 34.0 Å². The van der Waals surface area contributed by atoms with Crippen LogP contribution >= 0.6 is 0 Å². The van der Waals surface area contributed by atoms with Gasteiger partial charge in [0.1, 0.15) is 23.1 Å². The molecule has 7 nitrogen and oxygen atoms in total. The topological polar surface area (TPSA) is 72.3 Å². The SMILES string of the molecule is CCCN(CC)CC(=O)Cc1cc(Oc2ccc3c(c2)nc(Nc2cc(C)c(F)cc2F)n3C)ccn1. The van der Waals surface area contributed by atoms with Crippen molar-refractivity contribution in [3.63, 3.8) is 0 Å². The van der Waals surface area contributed by atoms with Crippen molar-refractivity contribution in [3.8, 4) is 11.5 Å². The first-order valence-electron chi connectivity index (χ1n) is 12.3. The summed E-state index contributed by atoms with van der Waals surface area (Å²) in [6.07, 6.45) is 2.87. The average Bonchev–Trinajstić information content (AvgIpc) is 3.16. The number of aryl methyl sites for hydroxylation is 2. The summed E-state index contributed by atoms with van der Waals surface area (Å²) in [5.74, 6) is 0.353. The lowest BCUT2D eigenvalue weighted by molar-refractivity contribution is -0.119. The van der Waals surface area contributed by atoms with Gasteiger partial charge in [-0.2, -0.15) is 0 Å². The van der Waals surface area contributed by atoms with Gasteiger partial charge in [0.2, 0.25) is 5.95 Å². The number of likely N-dealkylation sites (N-methyl/N-ethyl adjacent to an activating group) is 1. The largest absolute Gasteiger partial charge is 0.457 e. The Bertz CT molecular complexity index is 1420. The van der Waals surface area contributed by atoms with Crippen LogP contribution in [0.2, 0.25) is 0 Å². The molecule has 1 N–H and O–H groups in total. The summed E-state index contributed by atoms with van der Waals surface area (Å²) in [6.45, 7) is 7.86. The number of fused-ring (bicyclic) bond motifs is 1. The van der Waals surface area contributed by atoms with Crippen molar-refractivity contribution in [1.29, 1.82) is 0 Å². The number of imidazole rings is 1. The van der Waals surface area contributed by atoms with Crippen molar-refractivity contribution in [2.45, 2.75) is 33.6 Å². The number of halogens is 2. The molecule has 0 bridgehead atoms. The van der Waals surface area contributed by atoms with Gasteiger partial charge in [0.05, 0.1) is 35.4 Å². The maximum absolute atomic E-state index is 14.2. The average molecular weight is 508 g/mol. The van der Waals surface area contributed by atoms with Crippen LogP contribution in [0.15, 0.2) is 48.7 Å². The number of benzene rings is 2. The summed E-state index contributed by atoms with van der Waals surface area (Å²) in [4.78, 5) is 23.5. The normalized spacial score (nSPS) is 11.3. The number of pyridine rings is 1. The van der Waals surface area contributed by atoms with E-state index in [4.69, 9.17) is 4.74 Å². The molecule has 194 valence electrons. The van der Waals surface area contributed by atoms with E-state index in [9.17, 15) is 13.6 Å². The minimum atomic E-state index is -0.695. The number of carbonyl (C=O) groups excluding carboxylic acids is 1. The van der Waals surface area contributed by atoms with Gasteiger partial charge in [0, 0.05) is 31.4 Å². The van der Waals surface area contributed by atoms with Gasteiger partial charge in [0.25, 0.3) is 0 Å². The van der Waals surface area contributed by atoms with Crippen LogP contribution in [0, 0.1) is 18.6 Å². The quantitative estimate of drug-likeness (QED) is 0.271. The van der Waals surface area contributed by atoms with E-state index >= 15 is 0 Å². The number of ketones is 1. The molecule has 0 saturated carbocycles. The highest BCUT2D eigenvalue weighted by atomic mass is 19.1. The molecule has 4 aromatic rings. The summed E-state index contributed by atoms with van der Waals surface area (Å²) >= 11 is 0. The van der Waals surface area contributed by atoms with Crippen molar-refractivity contribution in [2.75, 3.05) is 25.0 Å². The lowest BCUT2D eigenvalue weighted by Crippen LogP contribution is -2.31. The second-order valence-electron chi connectivity index (χ2n) is 9.02. The van der Waals surface area contributed by atoms with Crippen molar-refractivity contribution < 1.29 is 18.3 Å². The second kappa shape index (κ2) is 11.5. The molecule has 0 radical (unpaired) electrons. The number of hydrogen-bond donors (Lipinski definition) is 1. The number of carbonyl (C=O) groups is 1. The van der Waals surface area contributed by atoms with Gasteiger partial charge in [-0.15, -0.1) is 0 Å². The van der Waals surface area contributed by atoms with E-state index in [0.29, 0.717) is 40.8 Å². The number of nitrogens with zero attached hydrogens (tertiary/aromatic N) is 4. The smallest absolute Gasteiger partial charge is 0.208 e. The zero-order chi connectivity index (χ0) is 26.5. The Morgan fingerprint density at radius 3 is 2.62 bits per heavy atom. The third-order valence-corrected chi connectivity index (χ3v) is 6.14. The van der Waals surface area contributed by atoms with Crippen LogP contribution in [-0.4, -0.2) is 44.9 Å². The van der Waals surface area contributed by atoms with Crippen molar-refractivity contribution in [3.05, 3.63) is 71.6 Å². The molecule has 0 aliphatic heterocycles. The van der Waals surface area contributed by atoms with E-state index in [1.54, 1.807) is 42.9 Å². The second-order valence-corrected chi connectivity index (χ2v) is 9.02. The summed E-state index contributed by atoms with van der Waals surface area (Å²) in [6, 6.07) is 11.2. The standard InChI is InChI=1S/C28H31F2N5O2/c1-5-11-35(6-2)17-20(36)13-19-14-22(9-10-31-19)37-21-7-8-27-26(15-21)33-28(34(27)4)32-25-12-18(3)23(29)16-24(25)30/h7-10,12,14-16H,5-6,11,13,17H2,1-4H3,(H,32,33). The number of nitrogens with one attached hydrogen (secondary N) is 1. The highest BCUT2D eigenvalue weighted by Gasteiger charge is 2.14. The Balaban J connectivity index is 1.48. The summed E-state index contributed by atoms with van der Waals surface area (Å²) in [5, 5.41) is 2.94. The molecule has 2 heterocycles. The summed E-state index contributed by atoms with van der Waals surface area (Å²) in [5.41, 5.74) is 2.58. The van der Waals surface area contributed by atoms with Crippen molar-refractivity contribution in [1.82, 2.24) is 19.4 Å². The lowest BCUT2D eigenvalue weighted by Gasteiger charge is -2.18. The molecule has 0 amide bonds. The van der Waals surface area contributed by atoms with E-state index in [1.807, 2.05) is 12.1 Å². The minimum absolute atomic E-state index is 0.114. The Labute approximate surface area is 215 Å². The first kappa shape index (κ1) is 26.2. The molecule has 0 unspecified atom stereocenters. The Morgan fingerprint density at radius 1 is 1.08 bits per heavy atom. The van der Waals surface area contributed by atoms with Gasteiger partial charge in [-0.1, -0.05) is 13.8 Å². The van der Waals surface area contributed by atoms with Crippen molar-refractivity contribution >= 4 is 28.5 Å². The highest BCUT2D eigenvalue weighted by molar-refractivity contribution is 5.83. The molecule has 0 fully saturated rings. The first-order chi connectivity index (χ1) is 17.8. The number of anilines is 2. The maximum Gasteiger partial charge on any atom is 0.208 e. The molecule has 9 heteroatoms. The van der Waals surface area contributed by atoms with E-state index < -0.39 is 11.6 Å². The van der Waals surface area contributed by atoms with Gasteiger partial charge >= 0.3 is 0 Å². The molecule has 0 spiro atoms. The molecule has 37 heavy (non-hydrogen) atoms. The van der Waals surface area contributed by atoms with E-state index in [1.165, 1.54) is 6.07 Å². The van der Waals surface area contributed by atoms with Crippen LogP contribution in [0.4, 0.5) is 20.4 Å². The van der Waals surface area contributed by atoms with Crippen LogP contribution in [0.25, 0.3) is 11.0 Å². The number of hydrogen-bond acceptors (Lipinski definition) is 6. The molecule has 0 aliphatic carbocycles. The molecule has 0 aliphatic rings. The summed E-state index contributed by atoms with van der Waals surface area (Å²) in [7, 11) is 1.80. The fourth-order valence-corrected chi connectivity index (χ4v) is 4.15. The zero-order valence-corrected chi connectivity index (χ0v) is 21.5. The van der Waals surface area contributed by atoms with Crippen LogP contribution in [0.1, 0.15) is 31.5 Å². The Morgan fingerprint density at radius 2 is 1.86 bits per heavy atom. The van der Waals surface area contributed by atoms with E-state index in [-0.39, 0.29) is 17.9 Å². The first-order valence-corrected chi connectivity index (χ1v) is 12.3. The third kappa shape index (κ3) is 6.29. The minimum Gasteiger partial charge on any atom is -0.457 e. The molecular formula is C28H31F2N5O2. The predicted octanol–water partition coefficient (Wildman–Crippen LogP) is 5.93. The van der Waals surface area contributed by atoms with Gasteiger partial charge in [-0.25, -0.2) is 13.8 Å². The molecule has 0 saturated heterocycles. The highest BCUT2D eigenvalue weighted by Crippen LogP contribution is 2.29. The molecule has 0 atom stereocenters. The fourth-order valence-electron chi connectivity index (χ4n) is 4.15. The number of ether oxygens (including phenoxy) is 1. The van der Waals surface area contributed by atoms with Crippen LogP contribution in [-0.2, 0) is 18.3 Å². The molecular weight excluding hydrogens is 476 g/mol. The van der Waals surface area contributed by atoms with Gasteiger partial charge in [-0.05, 0) is 56.3 Å². The fraction of sp³-hybridized carbons (Fsp3) is 0.321. The zero-order valence-electron chi connectivity index (χ0n) is 21.5. The Hall–Kier alpha value is -3.85. The van der Waals surface area contributed by atoms with Crippen molar-refractivity contribution in [2.24, 2.45) is 7.05 Å². The number of rotatable bonds is 11. The maximum atomic E-state index is 14.2. The van der Waals surface area contributed by atoms with Crippen LogP contribution in [0.5, 0.6) is 11.5 Å². The molecule has 2 aromatic heterocycles. The van der Waals surface area contributed by atoms with Gasteiger partial charge in [0.15, 0.2) is 5.78 Å². The van der Waals surface area contributed by atoms with Gasteiger partial charge < -0.3 is 14.6 Å². The number of Topliss-reactive ketones (excluding diaryl/α,β-unsaturated/α-hetero) is 1. The van der Waals surface area contributed by atoms with Crippen LogP contribution < -0.4 is 10.1 Å².